The van der Waals surface area contributed by atoms with Gasteiger partial charge in [-0.25, -0.2) is 4.39 Å². The maximum absolute atomic E-state index is 13.8. The summed E-state index contributed by atoms with van der Waals surface area (Å²) in [5.74, 6) is 1.63. The molecule has 0 amide bonds. The number of anilines is 1. The standard InChI is InChI=1S/C17H26FNO/c1-11(2)15-7-4-12(3)8-17(15)20-10-13-5-6-14(19)9-16(13)18/h5-6,9,11-12,15,17H,4,7-8,10,19H2,1-3H3. The Kier molecular flexibility index (Phi) is 5.03. The third kappa shape index (κ3) is 3.72. The summed E-state index contributed by atoms with van der Waals surface area (Å²) in [6.45, 7) is 7.12. The average Bonchev–Trinajstić information content (AvgIpc) is 2.37. The molecule has 3 heteroatoms. The molecule has 1 fully saturated rings. The van der Waals surface area contributed by atoms with Crippen molar-refractivity contribution in [1.29, 1.82) is 0 Å². The highest BCUT2D eigenvalue weighted by Gasteiger charge is 2.31. The van der Waals surface area contributed by atoms with Crippen molar-refractivity contribution < 1.29 is 9.13 Å². The second-order valence-electron chi connectivity index (χ2n) is 6.53. The molecule has 0 spiro atoms. The molecule has 0 saturated heterocycles. The van der Waals surface area contributed by atoms with Crippen LogP contribution >= 0.6 is 0 Å². The number of benzene rings is 1. The van der Waals surface area contributed by atoms with Crippen molar-refractivity contribution >= 4 is 5.69 Å². The summed E-state index contributed by atoms with van der Waals surface area (Å²) in [4.78, 5) is 0. The lowest BCUT2D eigenvalue weighted by molar-refractivity contribution is -0.0480. The van der Waals surface area contributed by atoms with E-state index >= 15 is 0 Å². The average molecular weight is 279 g/mol. The Morgan fingerprint density at radius 1 is 1.35 bits per heavy atom. The van der Waals surface area contributed by atoms with Crippen LogP contribution in [0.4, 0.5) is 10.1 Å². The second kappa shape index (κ2) is 6.57. The highest BCUT2D eigenvalue weighted by molar-refractivity contribution is 5.40. The van der Waals surface area contributed by atoms with Crippen LogP contribution in [0.2, 0.25) is 0 Å². The summed E-state index contributed by atoms with van der Waals surface area (Å²) in [7, 11) is 0. The Hall–Kier alpha value is -1.09. The number of ether oxygens (including phenoxy) is 1. The van der Waals surface area contributed by atoms with E-state index in [2.05, 4.69) is 20.8 Å². The third-order valence-electron chi connectivity index (χ3n) is 4.49. The Morgan fingerprint density at radius 2 is 2.10 bits per heavy atom. The van der Waals surface area contributed by atoms with Gasteiger partial charge in [0.15, 0.2) is 0 Å². The van der Waals surface area contributed by atoms with Gasteiger partial charge in [-0.05, 0) is 42.7 Å². The minimum atomic E-state index is -0.269. The molecule has 1 aliphatic carbocycles. The van der Waals surface area contributed by atoms with Gasteiger partial charge in [-0.15, -0.1) is 0 Å². The summed E-state index contributed by atoms with van der Waals surface area (Å²) in [5.41, 5.74) is 6.62. The van der Waals surface area contributed by atoms with E-state index in [9.17, 15) is 4.39 Å². The van der Waals surface area contributed by atoms with Crippen molar-refractivity contribution in [2.24, 2.45) is 17.8 Å². The lowest BCUT2D eigenvalue weighted by atomic mass is 9.75. The minimum absolute atomic E-state index is 0.246. The zero-order chi connectivity index (χ0) is 14.7. The monoisotopic (exact) mass is 279 g/mol. The quantitative estimate of drug-likeness (QED) is 0.830. The van der Waals surface area contributed by atoms with Crippen LogP contribution in [0, 0.1) is 23.6 Å². The Balaban J connectivity index is 2.00. The fourth-order valence-corrected chi connectivity index (χ4v) is 3.18. The molecular formula is C17H26FNO. The summed E-state index contributed by atoms with van der Waals surface area (Å²) < 4.78 is 19.8. The van der Waals surface area contributed by atoms with Gasteiger partial charge in [0.2, 0.25) is 0 Å². The predicted molar refractivity (Wildman–Crippen MR) is 80.7 cm³/mol. The lowest BCUT2D eigenvalue weighted by Gasteiger charge is -2.37. The molecule has 2 N–H and O–H groups in total. The first-order chi connectivity index (χ1) is 9.47. The van der Waals surface area contributed by atoms with Crippen molar-refractivity contribution in [2.45, 2.75) is 52.7 Å². The van der Waals surface area contributed by atoms with Gasteiger partial charge in [0.25, 0.3) is 0 Å². The summed E-state index contributed by atoms with van der Waals surface area (Å²) in [5, 5.41) is 0. The van der Waals surface area contributed by atoms with Crippen LogP contribution < -0.4 is 5.73 Å². The smallest absolute Gasteiger partial charge is 0.130 e. The molecule has 112 valence electrons. The summed E-state index contributed by atoms with van der Waals surface area (Å²) >= 11 is 0. The van der Waals surface area contributed by atoms with Crippen LogP contribution in [-0.4, -0.2) is 6.10 Å². The Morgan fingerprint density at radius 3 is 2.75 bits per heavy atom. The zero-order valence-electron chi connectivity index (χ0n) is 12.7. The molecule has 0 aliphatic heterocycles. The van der Waals surface area contributed by atoms with Crippen molar-refractivity contribution in [3.05, 3.63) is 29.6 Å². The van der Waals surface area contributed by atoms with Crippen LogP contribution in [0.15, 0.2) is 18.2 Å². The fourth-order valence-electron chi connectivity index (χ4n) is 3.18. The van der Waals surface area contributed by atoms with E-state index < -0.39 is 0 Å². The van der Waals surface area contributed by atoms with Crippen LogP contribution in [0.1, 0.15) is 45.6 Å². The third-order valence-corrected chi connectivity index (χ3v) is 4.49. The maximum Gasteiger partial charge on any atom is 0.130 e. The number of halogens is 1. The first-order valence-electron chi connectivity index (χ1n) is 7.63. The number of hydrogen-bond acceptors (Lipinski definition) is 2. The molecule has 2 nitrogen and oxygen atoms in total. The minimum Gasteiger partial charge on any atom is -0.399 e. The van der Waals surface area contributed by atoms with Gasteiger partial charge >= 0.3 is 0 Å². The normalized spacial score (nSPS) is 26.9. The second-order valence-corrected chi connectivity index (χ2v) is 6.53. The molecule has 1 saturated carbocycles. The van der Waals surface area contributed by atoms with Gasteiger partial charge < -0.3 is 10.5 Å². The van der Waals surface area contributed by atoms with Crippen LogP contribution in [-0.2, 0) is 11.3 Å². The number of nitrogen functional groups attached to an aromatic ring is 1. The first kappa shape index (κ1) is 15.3. The molecule has 1 aliphatic rings. The fraction of sp³-hybridized carbons (Fsp3) is 0.647. The van der Waals surface area contributed by atoms with Crippen molar-refractivity contribution in [3.63, 3.8) is 0 Å². The SMILES string of the molecule is CC1CCC(C(C)C)C(OCc2ccc(N)cc2F)C1. The lowest BCUT2D eigenvalue weighted by Crippen LogP contribution is -2.34. The Bertz CT molecular complexity index is 447. The molecule has 2 rings (SSSR count). The predicted octanol–water partition coefficient (Wildman–Crippen LogP) is 4.39. The van der Waals surface area contributed by atoms with Crippen molar-refractivity contribution in [3.8, 4) is 0 Å². The molecule has 20 heavy (non-hydrogen) atoms. The number of rotatable bonds is 4. The molecule has 0 heterocycles. The van der Waals surface area contributed by atoms with Gasteiger partial charge in [0.1, 0.15) is 5.82 Å². The molecule has 1 aromatic carbocycles. The van der Waals surface area contributed by atoms with E-state index in [1.54, 1.807) is 12.1 Å². The molecule has 3 atom stereocenters. The van der Waals surface area contributed by atoms with Gasteiger partial charge in [0.05, 0.1) is 12.7 Å². The van der Waals surface area contributed by atoms with Gasteiger partial charge in [-0.2, -0.15) is 0 Å². The Labute approximate surface area is 121 Å². The summed E-state index contributed by atoms with van der Waals surface area (Å²) in [6, 6.07) is 4.81. The van der Waals surface area contributed by atoms with Gasteiger partial charge in [0, 0.05) is 11.3 Å². The number of nitrogens with two attached hydrogens (primary N) is 1. The highest BCUT2D eigenvalue weighted by atomic mass is 19.1. The van der Waals surface area contributed by atoms with Gasteiger partial charge in [-0.3, -0.25) is 0 Å². The largest absolute Gasteiger partial charge is 0.399 e. The van der Waals surface area contributed by atoms with Crippen molar-refractivity contribution in [1.82, 2.24) is 0 Å². The number of hydrogen-bond donors (Lipinski definition) is 1. The molecule has 1 aromatic rings. The van der Waals surface area contributed by atoms with E-state index in [0.717, 1.165) is 6.42 Å². The van der Waals surface area contributed by atoms with E-state index in [0.29, 0.717) is 35.6 Å². The first-order valence-corrected chi connectivity index (χ1v) is 7.63. The molecule has 0 radical (unpaired) electrons. The van der Waals surface area contributed by atoms with E-state index in [4.69, 9.17) is 10.5 Å². The zero-order valence-corrected chi connectivity index (χ0v) is 12.7. The molecule has 0 bridgehead atoms. The topological polar surface area (TPSA) is 35.2 Å². The summed E-state index contributed by atoms with van der Waals surface area (Å²) in [6.07, 6.45) is 3.82. The van der Waals surface area contributed by atoms with E-state index in [1.165, 1.54) is 18.9 Å². The molecular weight excluding hydrogens is 253 g/mol. The van der Waals surface area contributed by atoms with Crippen molar-refractivity contribution in [2.75, 3.05) is 5.73 Å². The highest BCUT2D eigenvalue weighted by Crippen LogP contribution is 2.35. The van der Waals surface area contributed by atoms with Crippen LogP contribution in [0.5, 0.6) is 0 Å². The van der Waals surface area contributed by atoms with Crippen LogP contribution in [0.25, 0.3) is 0 Å². The maximum atomic E-state index is 13.8. The van der Waals surface area contributed by atoms with Crippen LogP contribution in [0.3, 0.4) is 0 Å². The molecule has 0 aromatic heterocycles. The van der Waals surface area contributed by atoms with E-state index in [-0.39, 0.29) is 11.9 Å². The van der Waals surface area contributed by atoms with E-state index in [1.807, 2.05) is 0 Å². The van der Waals surface area contributed by atoms with Gasteiger partial charge in [-0.1, -0.05) is 33.3 Å². The molecule has 3 unspecified atom stereocenters.